The average molecular weight is 299 g/mol. The van der Waals surface area contributed by atoms with Gasteiger partial charge >= 0.3 is 0 Å². The maximum atomic E-state index is 11.6. The molecule has 0 aromatic heterocycles. The molecule has 2 aliphatic rings. The van der Waals surface area contributed by atoms with Crippen LogP contribution < -0.4 is 15.5 Å². The molecule has 7 nitrogen and oxygen atoms in total. The molecule has 110 valence electrons. The molecular weight excluding hydrogens is 280 g/mol. The second-order valence-electron chi connectivity index (χ2n) is 4.81. The molecule has 8 heteroatoms. The Labute approximate surface area is 122 Å². The van der Waals surface area contributed by atoms with Gasteiger partial charge in [0.2, 0.25) is 11.8 Å². The van der Waals surface area contributed by atoms with Crippen molar-refractivity contribution in [3.63, 3.8) is 0 Å². The molecule has 2 heterocycles. The lowest BCUT2D eigenvalue weighted by Crippen LogP contribution is -3.14. The predicted molar refractivity (Wildman–Crippen MR) is 76.7 cm³/mol. The van der Waals surface area contributed by atoms with Crippen LogP contribution in [-0.4, -0.2) is 62.5 Å². The van der Waals surface area contributed by atoms with Crippen molar-refractivity contribution >= 4 is 35.4 Å². The quantitative estimate of drug-likeness (QED) is 0.227. The summed E-state index contributed by atoms with van der Waals surface area (Å²) in [6.07, 6.45) is 2.33. The standard InChI is InChI=1S/C12H18N4O3S/c17-10-9(11(18)15-12(20)14-10)8-13-2-1-3-16-4-6-19-7-5-16/h8-9H,1-7H2,(H2,14,15,17,18,20)/p+1. The van der Waals surface area contributed by atoms with Crippen molar-refractivity contribution in [3.8, 4) is 0 Å². The number of nitrogens with one attached hydrogen (secondary N) is 3. The van der Waals surface area contributed by atoms with E-state index in [4.69, 9.17) is 17.0 Å². The van der Waals surface area contributed by atoms with Crippen LogP contribution in [0.1, 0.15) is 6.42 Å². The van der Waals surface area contributed by atoms with E-state index in [2.05, 4.69) is 15.6 Å². The number of carbonyl (C=O) groups is 2. The highest BCUT2D eigenvalue weighted by molar-refractivity contribution is 7.80. The maximum Gasteiger partial charge on any atom is 0.244 e. The molecule has 0 spiro atoms. The SMILES string of the molecule is O=C1NC(=S)NC(=O)C1C=NCCC[NH+]1CCOCC1. The maximum absolute atomic E-state index is 11.6. The van der Waals surface area contributed by atoms with E-state index in [0.717, 1.165) is 39.3 Å². The van der Waals surface area contributed by atoms with E-state index >= 15 is 0 Å². The number of morpholine rings is 1. The smallest absolute Gasteiger partial charge is 0.244 e. The van der Waals surface area contributed by atoms with Crippen LogP contribution in [0.4, 0.5) is 0 Å². The van der Waals surface area contributed by atoms with E-state index in [1.807, 2.05) is 0 Å². The zero-order valence-corrected chi connectivity index (χ0v) is 12.0. The predicted octanol–water partition coefficient (Wildman–Crippen LogP) is -2.49. The monoisotopic (exact) mass is 299 g/mol. The number of nitrogens with zero attached hydrogens (tertiary/aromatic N) is 1. The van der Waals surface area contributed by atoms with Crippen LogP contribution >= 0.6 is 12.2 Å². The number of hydrogen-bond donors (Lipinski definition) is 3. The van der Waals surface area contributed by atoms with Gasteiger partial charge in [0.15, 0.2) is 11.0 Å². The van der Waals surface area contributed by atoms with Gasteiger partial charge in [-0.05, 0) is 12.2 Å². The third-order valence-corrected chi connectivity index (χ3v) is 3.51. The Kier molecular flexibility index (Phi) is 5.57. The third kappa shape index (κ3) is 4.32. The number of quaternary nitrogens is 1. The lowest BCUT2D eigenvalue weighted by atomic mass is 10.1. The highest BCUT2D eigenvalue weighted by Crippen LogP contribution is 1.99. The first kappa shape index (κ1) is 15.0. The summed E-state index contributed by atoms with van der Waals surface area (Å²) in [6, 6.07) is 0. The Morgan fingerprint density at radius 3 is 2.60 bits per heavy atom. The molecule has 0 bridgehead atoms. The van der Waals surface area contributed by atoms with Crippen molar-refractivity contribution in [2.24, 2.45) is 10.9 Å². The summed E-state index contributed by atoms with van der Waals surface area (Å²) in [6.45, 7) is 5.37. The summed E-state index contributed by atoms with van der Waals surface area (Å²) in [7, 11) is 0. The molecule has 2 fully saturated rings. The normalized spacial score (nSPS) is 22.1. The van der Waals surface area contributed by atoms with Gasteiger partial charge < -0.3 is 20.3 Å². The highest BCUT2D eigenvalue weighted by atomic mass is 32.1. The van der Waals surface area contributed by atoms with Crippen LogP contribution in [0.3, 0.4) is 0 Å². The first-order valence-corrected chi connectivity index (χ1v) is 7.14. The number of amides is 2. The summed E-state index contributed by atoms with van der Waals surface area (Å²) < 4.78 is 5.29. The zero-order chi connectivity index (χ0) is 14.4. The van der Waals surface area contributed by atoms with E-state index < -0.39 is 17.7 Å². The Morgan fingerprint density at radius 2 is 1.95 bits per heavy atom. The second-order valence-corrected chi connectivity index (χ2v) is 5.21. The van der Waals surface area contributed by atoms with Crippen LogP contribution in [0.5, 0.6) is 0 Å². The summed E-state index contributed by atoms with van der Waals surface area (Å²) in [5.41, 5.74) is 0. The molecular formula is C12H19N4O3S+. The minimum Gasteiger partial charge on any atom is -0.370 e. The molecule has 2 aliphatic heterocycles. The number of carbonyl (C=O) groups excluding carboxylic acids is 2. The Balaban J connectivity index is 1.68. The van der Waals surface area contributed by atoms with Gasteiger partial charge in [-0.3, -0.25) is 14.6 Å². The van der Waals surface area contributed by atoms with Gasteiger partial charge in [-0.25, -0.2) is 0 Å². The van der Waals surface area contributed by atoms with Crippen LogP contribution in [-0.2, 0) is 14.3 Å². The van der Waals surface area contributed by atoms with E-state index in [1.165, 1.54) is 11.1 Å². The first-order chi connectivity index (χ1) is 9.66. The Hall–Kier alpha value is -1.38. The molecule has 0 aliphatic carbocycles. The fourth-order valence-electron chi connectivity index (χ4n) is 2.18. The van der Waals surface area contributed by atoms with Crippen molar-refractivity contribution in [3.05, 3.63) is 0 Å². The number of aliphatic imine (C=N–C) groups is 1. The molecule has 2 amide bonds. The van der Waals surface area contributed by atoms with Gasteiger partial charge in [0.1, 0.15) is 13.1 Å². The van der Waals surface area contributed by atoms with E-state index in [0.29, 0.717) is 6.54 Å². The summed E-state index contributed by atoms with van der Waals surface area (Å²) in [4.78, 5) is 28.8. The molecule has 0 aromatic rings. The minimum absolute atomic E-state index is 0.0561. The van der Waals surface area contributed by atoms with Crippen molar-refractivity contribution in [1.29, 1.82) is 0 Å². The van der Waals surface area contributed by atoms with Crippen LogP contribution in [0.15, 0.2) is 4.99 Å². The van der Waals surface area contributed by atoms with Gasteiger partial charge in [0.05, 0.1) is 19.8 Å². The zero-order valence-electron chi connectivity index (χ0n) is 11.2. The Morgan fingerprint density at radius 1 is 1.30 bits per heavy atom. The number of hydrogen-bond acceptors (Lipinski definition) is 5. The third-order valence-electron chi connectivity index (χ3n) is 3.31. The molecule has 2 saturated heterocycles. The van der Waals surface area contributed by atoms with Gasteiger partial charge in [-0.2, -0.15) is 0 Å². The molecule has 3 N–H and O–H groups in total. The molecule has 0 unspecified atom stereocenters. The topological polar surface area (TPSA) is 84.2 Å². The number of thiocarbonyl (C=S) groups is 1. The van der Waals surface area contributed by atoms with Crippen molar-refractivity contribution in [2.45, 2.75) is 6.42 Å². The lowest BCUT2D eigenvalue weighted by Gasteiger charge is -2.23. The van der Waals surface area contributed by atoms with Crippen molar-refractivity contribution in [2.75, 3.05) is 39.4 Å². The Bertz CT molecular complexity index is 401. The molecule has 0 saturated carbocycles. The van der Waals surface area contributed by atoms with Crippen LogP contribution in [0.2, 0.25) is 0 Å². The van der Waals surface area contributed by atoms with Crippen LogP contribution in [0.25, 0.3) is 0 Å². The fourth-order valence-corrected chi connectivity index (χ4v) is 2.38. The van der Waals surface area contributed by atoms with Gasteiger partial charge in [0.25, 0.3) is 0 Å². The number of ether oxygens (including phenoxy) is 1. The molecule has 20 heavy (non-hydrogen) atoms. The fraction of sp³-hybridized carbons (Fsp3) is 0.667. The first-order valence-electron chi connectivity index (χ1n) is 6.74. The molecule has 2 rings (SSSR count). The molecule has 0 atom stereocenters. The summed E-state index contributed by atoms with van der Waals surface area (Å²) in [5, 5.41) is 4.86. The van der Waals surface area contributed by atoms with Crippen LogP contribution in [0, 0.1) is 5.92 Å². The lowest BCUT2D eigenvalue weighted by molar-refractivity contribution is -0.908. The van der Waals surface area contributed by atoms with E-state index in [-0.39, 0.29) is 5.11 Å². The van der Waals surface area contributed by atoms with Crippen molar-refractivity contribution in [1.82, 2.24) is 10.6 Å². The van der Waals surface area contributed by atoms with Gasteiger partial charge in [-0.15, -0.1) is 0 Å². The molecule has 0 aromatic carbocycles. The van der Waals surface area contributed by atoms with E-state index in [1.54, 1.807) is 0 Å². The van der Waals surface area contributed by atoms with Gasteiger partial charge in [-0.1, -0.05) is 0 Å². The molecule has 0 radical (unpaired) electrons. The summed E-state index contributed by atoms with van der Waals surface area (Å²) in [5.74, 6) is -1.71. The average Bonchev–Trinajstić information content (AvgIpc) is 2.42. The number of rotatable bonds is 5. The van der Waals surface area contributed by atoms with E-state index in [9.17, 15) is 9.59 Å². The highest BCUT2D eigenvalue weighted by Gasteiger charge is 2.30. The largest absolute Gasteiger partial charge is 0.370 e. The second kappa shape index (κ2) is 7.41. The summed E-state index contributed by atoms with van der Waals surface area (Å²) >= 11 is 4.72. The van der Waals surface area contributed by atoms with Crippen molar-refractivity contribution < 1.29 is 19.2 Å². The minimum atomic E-state index is -0.877. The van der Waals surface area contributed by atoms with Gasteiger partial charge in [0, 0.05) is 19.2 Å².